The van der Waals surface area contributed by atoms with Crippen LogP contribution in [-0.4, -0.2) is 5.91 Å². The summed E-state index contributed by atoms with van der Waals surface area (Å²) in [4.78, 5) is 11.3. The van der Waals surface area contributed by atoms with Crippen molar-refractivity contribution in [3.8, 4) is 0 Å². The van der Waals surface area contributed by atoms with Gasteiger partial charge in [-0.3, -0.25) is 10.2 Å². The molecule has 0 aliphatic rings. The number of carbonyl (C=O) groups excluding carboxylic acids is 1. The van der Waals surface area contributed by atoms with Gasteiger partial charge in [-0.1, -0.05) is 24.3 Å². The van der Waals surface area contributed by atoms with Gasteiger partial charge in [0.2, 0.25) is 0 Å². The summed E-state index contributed by atoms with van der Waals surface area (Å²) in [6.07, 6.45) is 0. The number of rotatable bonds is 2. The zero-order valence-corrected chi connectivity index (χ0v) is 8.42. The molecule has 3 N–H and O–H groups in total. The summed E-state index contributed by atoms with van der Waals surface area (Å²) in [6.45, 7) is 7.58. The Hall–Kier alpha value is -1.61. The summed E-state index contributed by atoms with van der Waals surface area (Å²) in [6, 6.07) is 5.61. The molecule has 0 aromatic heterocycles. The van der Waals surface area contributed by atoms with Gasteiger partial charge in [-0.2, -0.15) is 0 Å². The Balaban J connectivity index is 3.21. The molecule has 0 fully saturated rings. The SMILES string of the molecule is C=C(C)c1ccc(C)c(C(=O)NN)c1. The molecular weight excluding hydrogens is 176 g/mol. The van der Waals surface area contributed by atoms with E-state index in [9.17, 15) is 4.79 Å². The molecule has 14 heavy (non-hydrogen) atoms. The summed E-state index contributed by atoms with van der Waals surface area (Å²) in [5.41, 5.74) is 5.49. The largest absolute Gasteiger partial charge is 0.290 e. The molecule has 3 nitrogen and oxygen atoms in total. The van der Waals surface area contributed by atoms with Crippen molar-refractivity contribution in [1.82, 2.24) is 5.43 Å². The number of amides is 1. The van der Waals surface area contributed by atoms with E-state index in [4.69, 9.17) is 5.84 Å². The third kappa shape index (κ3) is 2.00. The van der Waals surface area contributed by atoms with E-state index in [1.807, 2.05) is 26.0 Å². The number of allylic oxidation sites excluding steroid dienone is 1. The molecule has 0 aliphatic heterocycles. The standard InChI is InChI=1S/C11H14N2O/c1-7(2)9-5-4-8(3)10(6-9)11(14)13-12/h4-6H,1,12H2,2-3H3,(H,13,14). The lowest BCUT2D eigenvalue weighted by atomic mass is 10.0. The van der Waals surface area contributed by atoms with Gasteiger partial charge in [0, 0.05) is 5.56 Å². The Bertz CT molecular complexity index is 383. The van der Waals surface area contributed by atoms with Crippen LogP contribution >= 0.6 is 0 Å². The molecule has 0 heterocycles. The van der Waals surface area contributed by atoms with Crippen molar-refractivity contribution in [2.75, 3.05) is 0 Å². The summed E-state index contributed by atoms with van der Waals surface area (Å²) in [5, 5.41) is 0. The summed E-state index contributed by atoms with van der Waals surface area (Å²) >= 11 is 0. The average Bonchev–Trinajstić information content (AvgIpc) is 2.17. The summed E-state index contributed by atoms with van der Waals surface area (Å²) < 4.78 is 0. The highest BCUT2D eigenvalue weighted by Gasteiger charge is 2.08. The quantitative estimate of drug-likeness (QED) is 0.423. The first kappa shape index (κ1) is 10.5. The summed E-state index contributed by atoms with van der Waals surface area (Å²) in [5.74, 6) is 4.80. The number of hydrogen-bond acceptors (Lipinski definition) is 2. The zero-order chi connectivity index (χ0) is 10.7. The molecule has 0 radical (unpaired) electrons. The maximum absolute atomic E-state index is 11.3. The van der Waals surface area contributed by atoms with Crippen LogP contribution < -0.4 is 11.3 Å². The highest BCUT2D eigenvalue weighted by Crippen LogP contribution is 2.16. The van der Waals surface area contributed by atoms with Crippen LogP contribution in [0.4, 0.5) is 0 Å². The predicted octanol–water partition coefficient (Wildman–Crippen LogP) is 1.63. The number of carbonyl (C=O) groups is 1. The number of nitrogens with one attached hydrogen (secondary N) is 1. The number of benzene rings is 1. The molecule has 0 aliphatic carbocycles. The number of hydrogen-bond donors (Lipinski definition) is 2. The smallest absolute Gasteiger partial charge is 0.265 e. The molecule has 0 unspecified atom stereocenters. The zero-order valence-electron chi connectivity index (χ0n) is 8.42. The lowest BCUT2D eigenvalue weighted by molar-refractivity contribution is 0.0953. The Labute approximate surface area is 83.6 Å². The van der Waals surface area contributed by atoms with Crippen molar-refractivity contribution in [3.63, 3.8) is 0 Å². The van der Waals surface area contributed by atoms with Crippen LogP contribution in [0.5, 0.6) is 0 Å². The Morgan fingerprint density at radius 1 is 1.50 bits per heavy atom. The second-order valence-electron chi connectivity index (χ2n) is 3.28. The maximum Gasteiger partial charge on any atom is 0.265 e. The molecule has 0 bridgehead atoms. The molecule has 0 saturated carbocycles. The van der Waals surface area contributed by atoms with Gasteiger partial charge in [0.15, 0.2) is 0 Å². The van der Waals surface area contributed by atoms with Crippen molar-refractivity contribution >= 4 is 11.5 Å². The minimum Gasteiger partial charge on any atom is -0.290 e. The molecule has 0 saturated heterocycles. The Morgan fingerprint density at radius 3 is 2.64 bits per heavy atom. The minimum atomic E-state index is -0.273. The molecule has 0 spiro atoms. The van der Waals surface area contributed by atoms with E-state index in [2.05, 4.69) is 12.0 Å². The monoisotopic (exact) mass is 190 g/mol. The van der Waals surface area contributed by atoms with E-state index in [1.165, 1.54) is 0 Å². The van der Waals surface area contributed by atoms with Crippen molar-refractivity contribution in [1.29, 1.82) is 0 Å². The molecule has 74 valence electrons. The molecule has 1 amide bonds. The van der Waals surface area contributed by atoms with Gasteiger partial charge in [-0.25, -0.2) is 5.84 Å². The van der Waals surface area contributed by atoms with E-state index < -0.39 is 0 Å². The number of nitrogen functional groups attached to an aromatic ring is 1. The fourth-order valence-electron chi connectivity index (χ4n) is 1.21. The van der Waals surface area contributed by atoms with Crippen molar-refractivity contribution in [2.45, 2.75) is 13.8 Å². The second-order valence-corrected chi connectivity index (χ2v) is 3.28. The first-order valence-corrected chi connectivity index (χ1v) is 4.33. The summed E-state index contributed by atoms with van der Waals surface area (Å²) in [7, 11) is 0. The number of hydrazine groups is 1. The first-order chi connectivity index (χ1) is 6.56. The fourth-order valence-corrected chi connectivity index (χ4v) is 1.21. The molecule has 1 aromatic carbocycles. The minimum absolute atomic E-state index is 0.273. The Morgan fingerprint density at radius 2 is 2.14 bits per heavy atom. The van der Waals surface area contributed by atoms with Crippen molar-refractivity contribution in [2.24, 2.45) is 5.84 Å². The molecular formula is C11H14N2O. The van der Waals surface area contributed by atoms with Crippen LogP contribution in [0.2, 0.25) is 0 Å². The third-order valence-electron chi connectivity index (χ3n) is 2.11. The average molecular weight is 190 g/mol. The normalized spacial score (nSPS) is 9.64. The van der Waals surface area contributed by atoms with Crippen molar-refractivity contribution < 1.29 is 4.79 Å². The van der Waals surface area contributed by atoms with Gasteiger partial charge in [-0.15, -0.1) is 0 Å². The predicted molar refractivity (Wildman–Crippen MR) is 57.5 cm³/mol. The Kier molecular flexibility index (Phi) is 3.04. The molecule has 0 atom stereocenters. The molecule has 1 aromatic rings. The highest BCUT2D eigenvalue weighted by molar-refractivity contribution is 5.96. The topological polar surface area (TPSA) is 55.1 Å². The van der Waals surface area contributed by atoms with E-state index in [-0.39, 0.29) is 5.91 Å². The van der Waals surface area contributed by atoms with Crippen LogP contribution in [0.1, 0.15) is 28.4 Å². The first-order valence-electron chi connectivity index (χ1n) is 4.33. The maximum atomic E-state index is 11.3. The molecule has 3 heteroatoms. The second kappa shape index (κ2) is 4.07. The van der Waals surface area contributed by atoms with Gasteiger partial charge < -0.3 is 0 Å². The van der Waals surface area contributed by atoms with Crippen LogP contribution in [0.25, 0.3) is 5.57 Å². The highest BCUT2D eigenvalue weighted by atomic mass is 16.2. The van der Waals surface area contributed by atoms with E-state index in [1.54, 1.807) is 6.07 Å². The van der Waals surface area contributed by atoms with E-state index in [0.29, 0.717) is 5.56 Å². The lowest BCUT2D eigenvalue weighted by Crippen LogP contribution is -2.30. The van der Waals surface area contributed by atoms with Crippen LogP contribution in [0.3, 0.4) is 0 Å². The van der Waals surface area contributed by atoms with Crippen molar-refractivity contribution in [3.05, 3.63) is 41.5 Å². The lowest BCUT2D eigenvalue weighted by Gasteiger charge is -2.07. The van der Waals surface area contributed by atoms with E-state index in [0.717, 1.165) is 16.7 Å². The van der Waals surface area contributed by atoms with Gasteiger partial charge in [0.05, 0.1) is 0 Å². The number of aryl methyl sites for hydroxylation is 1. The van der Waals surface area contributed by atoms with Crippen LogP contribution in [0, 0.1) is 6.92 Å². The van der Waals surface area contributed by atoms with Gasteiger partial charge in [-0.05, 0) is 31.0 Å². The molecule has 1 rings (SSSR count). The van der Waals surface area contributed by atoms with Crippen LogP contribution in [-0.2, 0) is 0 Å². The van der Waals surface area contributed by atoms with E-state index >= 15 is 0 Å². The number of nitrogens with two attached hydrogens (primary N) is 1. The van der Waals surface area contributed by atoms with Gasteiger partial charge in [0.1, 0.15) is 0 Å². The van der Waals surface area contributed by atoms with Gasteiger partial charge >= 0.3 is 0 Å². The third-order valence-corrected chi connectivity index (χ3v) is 2.11. The van der Waals surface area contributed by atoms with Gasteiger partial charge in [0.25, 0.3) is 5.91 Å². The van der Waals surface area contributed by atoms with Crippen LogP contribution in [0.15, 0.2) is 24.8 Å². The fraction of sp³-hybridized carbons (Fsp3) is 0.182.